The van der Waals surface area contributed by atoms with Crippen molar-refractivity contribution < 1.29 is 5.11 Å². The van der Waals surface area contributed by atoms with E-state index >= 15 is 0 Å². The van der Waals surface area contributed by atoms with Crippen LogP contribution in [0.2, 0.25) is 0 Å². The van der Waals surface area contributed by atoms with Crippen molar-refractivity contribution in [2.24, 2.45) is 0 Å². The number of hydrogen-bond acceptors (Lipinski definition) is 1. The Balaban J connectivity index is 3.18. The molecule has 0 bridgehead atoms. The number of hydrogen-bond donors (Lipinski definition) is 1. The molecule has 104 valence electrons. The number of aliphatic hydroxyl groups excluding tert-OH is 1. The van der Waals surface area contributed by atoms with Crippen molar-refractivity contribution in [3.05, 3.63) is 0 Å². The van der Waals surface area contributed by atoms with Gasteiger partial charge in [-0.15, -0.1) is 0 Å². The maximum Gasteiger partial charge on any atom is 0.122 e. The second-order valence-corrected chi connectivity index (χ2v) is 4.72. The Hall–Kier alpha value is -1.52. The van der Waals surface area contributed by atoms with Crippen molar-refractivity contribution in [1.29, 1.82) is 0 Å². The van der Waals surface area contributed by atoms with Crippen molar-refractivity contribution in [1.82, 2.24) is 0 Å². The molecule has 0 aliphatic rings. The Morgan fingerprint density at radius 3 is 1.74 bits per heavy atom. The Kier molecular flexibility index (Phi) is 15.2. The van der Waals surface area contributed by atoms with Crippen molar-refractivity contribution in [3.63, 3.8) is 0 Å². The monoisotopic (exact) mass is 258 g/mol. The second-order valence-electron chi connectivity index (χ2n) is 4.72. The fourth-order valence-electron chi connectivity index (χ4n) is 1.90. The van der Waals surface area contributed by atoms with Gasteiger partial charge >= 0.3 is 0 Å². The molecule has 0 aromatic heterocycles. The van der Waals surface area contributed by atoms with Crippen LogP contribution in [0.1, 0.15) is 77.6 Å². The van der Waals surface area contributed by atoms with Gasteiger partial charge in [-0.05, 0) is 18.3 Å². The van der Waals surface area contributed by atoms with Gasteiger partial charge in [-0.2, -0.15) is 0 Å². The summed E-state index contributed by atoms with van der Waals surface area (Å²) in [4.78, 5) is 0. The molecule has 1 heteroatoms. The first kappa shape index (κ1) is 17.5. The highest BCUT2D eigenvalue weighted by Gasteiger charge is 1.91. The molecule has 0 unspecified atom stereocenters. The topological polar surface area (TPSA) is 20.2 Å². The molecule has 0 aromatic rings. The number of aliphatic hydroxyl groups is 1. The minimum atomic E-state index is 0.914. The molecule has 19 heavy (non-hydrogen) atoms. The van der Waals surface area contributed by atoms with Crippen LogP contribution in [-0.4, -0.2) is 5.11 Å². The van der Waals surface area contributed by atoms with Crippen LogP contribution in [0.25, 0.3) is 0 Å². The molecule has 1 nitrogen and oxygen atoms in total. The fraction of sp³-hybridized carbons (Fsp3) is 0.667. The highest BCUT2D eigenvalue weighted by atomic mass is 16.2. The predicted octanol–water partition coefficient (Wildman–Crippen LogP) is 4.64. The summed E-state index contributed by atoms with van der Waals surface area (Å²) in [6, 6.07) is 0. The molecular formula is C18H26O. The van der Waals surface area contributed by atoms with Crippen molar-refractivity contribution >= 4 is 0 Å². The molecule has 0 aliphatic heterocycles. The minimum Gasteiger partial charge on any atom is -0.461 e. The zero-order valence-corrected chi connectivity index (χ0v) is 12.2. The van der Waals surface area contributed by atoms with Gasteiger partial charge < -0.3 is 5.11 Å². The Labute approximate surface area is 119 Å². The van der Waals surface area contributed by atoms with E-state index in [0.29, 0.717) is 0 Å². The SMILES string of the molecule is CCCCCCCCCCCCC#CC#CC#CO. The average Bonchev–Trinajstić information content (AvgIpc) is 2.43. The van der Waals surface area contributed by atoms with Gasteiger partial charge in [0, 0.05) is 18.3 Å². The van der Waals surface area contributed by atoms with Gasteiger partial charge in [-0.3, -0.25) is 0 Å². The summed E-state index contributed by atoms with van der Waals surface area (Å²) in [6.45, 7) is 2.26. The predicted molar refractivity (Wildman–Crippen MR) is 81.7 cm³/mol. The Morgan fingerprint density at radius 1 is 0.632 bits per heavy atom. The Morgan fingerprint density at radius 2 is 1.16 bits per heavy atom. The lowest BCUT2D eigenvalue weighted by atomic mass is 10.1. The molecule has 0 saturated heterocycles. The number of rotatable bonds is 10. The largest absolute Gasteiger partial charge is 0.461 e. The van der Waals surface area contributed by atoms with Crippen molar-refractivity contribution in [2.45, 2.75) is 77.6 Å². The first-order valence-electron chi connectivity index (χ1n) is 7.53. The maximum atomic E-state index is 8.16. The molecule has 0 aromatic carbocycles. The number of unbranched alkanes of at least 4 members (excludes halogenated alkanes) is 10. The highest BCUT2D eigenvalue weighted by Crippen LogP contribution is 2.10. The fourth-order valence-corrected chi connectivity index (χ4v) is 1.90. The zero-order valence-electron chi connectivity index (χ0n) is 12.2. The lowest BCUT2D eigenvalue weighted by molar-refractivity contribution is 0.517. The lowest BCUT2D eigenvalue weighted by Crippen LogP contribution is -1.81. The van der Waals surface area contributed by atoms with Crippen LogP contribution in [0.3, 0.4) is 0 Å². The summed E-state index contributed by atoms with van der Waals surface area (Å²) >= 11 is 0. The minimum absolute atomic E-state index is 0.914. The van der Waals surface area contributed by atoms with E-state index in [1.54, 1.807) is 6.11 Å². The standard InChI is InChI=1S/C18H26O/c1-2-3-4-5-6-7-8-9-10-11-12-13-14-15-16-17-18-19/h19H,2-12H2,1H3. The van der Waals surface area contributed by atoms with E-state index in [9.17, 15) is 0 Å². The summed E-state index contributed by atoms with van der Waals surface area (Å²) < 4.78 is 0. The molecule has 0 saturated carbocycles. The Bertz CT molecular complexity index is 362. The molecule has 0 heterocycles. The summed E-state index contributed by atoms with van der Waals surface area (Å²) in [5.74, 6) is 13.0. The third-order valence-electron chi connectivity index (χ3n) is 2.99. The molecule has 0 amide bonds. The molecule has 0 rings (SSSR count). The van der Waals surface area contributed by atoms with Gasteiger partial charge in [-0.1, -0.05) is 70.6 Å². The van der Waals surface area contributed by atoms with E-state index in [1.807, 2.05) is 0 Å². The molecule has 0 radical (unpaired) electrons. The van der Waals surface area contributed by atoms with Crippen LogP contribution in [0, 0.1) is 35.7 Å². The summed E-state index contributed by atoms with van der Waals surface area (Å²) in [5, 5.41) is 8.16. The van der Waals surface area contributed by atoms with Gasteiger partial charge in [0.05, 0.1) is 0 Å². The van der Waals surface area contributed by atoms with Crippen molar-refractivity contribution in [2.75, 3.05) is 0 Å². The third kappa shape index (κ3) is 16.5. The highest BCUT2D eigenvalue weighted by molar-refractivity contribution is 5.34. The van der Waals surface area contributed by atoms with Crippen LogP contribution in [0.4, 0.5) is 0 Å². The van der Waals surface area contributed by atoms with E-state index < -0.39 is 0 Å². The first-order chi connectivity index (χ1) is 9.41. The quantitative estimate of drug-likeness (QED) is 0.447. The average molecular weight is 258 g/mol. The molecule has 1 N–H and O–H groups in total. The van der Waals surface area contributed by atoms with Crippen LogP contribution in [0.15, 0.2) is 0 Å². The molecular weight excluding hydrogens is 232 g/mol. The van der Waals surface area contributed by atoms with E-state index in [2.05, 4.69) is 36.5 Å². The summed E-state index contributed by atoms with van der Waals surface area (Å²) in [5.41, 5.74) is 0. The van der Waals surface area contributed by atoms with Crippen LogP contribution in [-0.2, 0) is 0 Å². The van der Waals surface area contributed by atoms with Crippen molar-refractivity contribution in [3.8, 4) is 35.7 Å². The van der Waals surface area contributed by atoms with Crippen LogP contribution >= 0.6 is 0 Å². The smallest absolute Gasteiger partial charge is 0.122 e. The van der Waals surface area contributed by atoms with E-state index in [-0.39, 0.29) is 0 Å². The van der Waals surface area contributed by atoms with Crippen LogP contribution < -0.4 is 0 Å². The van der Waals surface area contributed by atoms with E-state index in [1.165, 1.54) is 57.8 Å². The molecule has 0 atom stereocenters. The summed E-state index contributed by atoms with van der Waals surface area (Å²) in [6.07, 6.45) is 16.1. The zero-order chi connectivity index (χ0) is 14.0. The molecule has 0 spiro atoms. The van der Waals surface area contributed by atoms with Gasteiger partial charge in [0.1, 0.15) is 6.11 Å². The second kappa shape index (κ2) is 16.5. The van der Waals surface area contributed by atoms with E-state index in [4.69, 9.17) is 5.11 Å². The molecule has 0 aliphatic carbocycles. The van der Waals surface area contributed by atoms with Gasteiger partial charge in [-0.25, -0.2) is 0 Å². The lowest BCUT2D eigenvalue weighted by Gasteiger charge is -2.00. The van der Waals surface area contributed by atoms with Gasteiger partial charge in [0.25, 0.3) is 0 Å². The van der Waals surface area contributed by atoms with Gasteiger partial charge in [0.15, 0.2) is 0 Å². The normalized spacial score (nSPS) is 8.47. The maximum absolute atomic E-state index is 8.16. The summed E-state index contributed by atoms with van der Waals surface area (Å²) in [7, 11) is 0. The van der Waals surface area contributed by atoms with Gasteiger partial charge in [0.2, 0.25) is 0 Å². The third-order valence-corrected chi connectivity index (χ3v) is 2.99. The first-order valence-corrected chi connectivity index (χ1v) is 7.53. The molecule has 0 fully saturated rings. The van der Waals surface area contributed by atoms with Crippen LogP contribution in [0.5, 0.6) is 0 Å². The van der Waals surface area contributed by atoms with E-state index in [0.717, 1.165) is 12.8 Å².